The summed E-state index contributed by atoms with van der Waals surface area (Å²) >= 11 is 0. The van der Waals surface area contributed by atoms with Crippen molar-refractivity contribution in [2.24, 2.45) is 23.2 Å². The summed E-state index contributed by atoms with van der Waals surface area (Å²) in [7, 11) is 3.92. The molecular formula is C23H27FN6. The van der Waals surface area contributed by atoms with E-state index in [0.717, 1.165) is 42.2 Å². The Morgan fingerprint density at radius 2 is 2.13 bits per heavy atom. The lowest BCUT2D eigenvalue weighted by atomic mass is 9.63. The van der Waals surface area contributed by atoms with E-state index in [2.05, 4.69) is 28.1 Å². The van der Waals surface area contributed by atoms with Gasteiger partial charge in [-0.1, -0.05) is 12.2 Å². The Bertz CT molecular complexity index is 1050. The maximum absolute atomic E-state index is 13.3. The summed E-state index contributed by atoms with van der Waals surface area (Å²) in [5.74, 6) is 0.592. The molecule has 1 unspecified atom stereocenters. The standard InChI is InChI=1S/C23H27FN6/c1-16(22-27-9-11-29(22)3)23-13-17(14-25)21(28-20-6-4-19(24)5-7-20)12-18(23)8-10-30(15-23)26-2/h4-7,9,11-12,14,26H,1,8,10,13,15,25H2,2-3H3. The second-order valence-corrected chi connectivity index (χ2v) is 7.83. The van der Waals surface area contributed by atoms with Crippen molar-refractivity contribution in [2.45, 2.75) is 12.8 Å². The maximum Gasteiger partial charge on any atom is 0.135 e. The molecule has 1 aliphatic heterocycles. The molecule has 7 heteroatoms. The molecule has 1 aromatic carbocycles. The van der Waals surface area contributed by atoms with Crippen molar-refractivity contribution < 1.29 is 4.39 Å². The van der Waals surface area contributed by atoms with Crippen LogP contribution in [0, 0.1) is 11.2 Å². The zero-order chi connectivity index (χ0) is 21.3. The van der Waals surface area contributed by atoms with Crippen LogP contribution in [0.25, 0.3) is 5.57 Å². The molecule has 2 aromatic rings. The van der Waals surface area contributed by atoms with E-state index in [1.54, 1.807) is 24.5 Å². The molecule has 2 aliphatic rings. The number of nitrogens with one attached hydrogen (secondary N) is 1. The molecule has 0 amide bonds. The highest BCUT2D eigenvalue weighted by molar-refractivity contribution is 6.11. The number of aliphatic imine (C=N–C) groups is 1. The molecular weight excluding hydrogens is 379 g/mol. The van der Waals surface area contributed by atoms with Gasteiger partial charge in [0.25, 0.3) is 0 Å². The summed E-state index contributed by atoms with van der Waals surface area (Å²) < 4.78 is 15.3. The largest absolute Gasteiger partial charge is 0.404 e. The van der Waals surface area contributed by atoms with E-state index in [0.29, 0.717) is 12.1 Å². The van der Waals surface area contributed by atoms with Crippen LogP contribution in [0.15, 0.2) is 71.7 Å². The van der Waals surface area contributed by atoms with E-state index in [-0.39, 0.29) is 11.2 Å². The Balaban J connectivity index is 1.82. The Morgan fingerprint density at radius 3 is 2.77 bits per heavy atom. The third kappa shape index (κ3) is 3.51. The fraction of sp³-hybridized carbons (Fsp3) is 0.304. The number of hydrazine groups is 1. The number of rotatable bonds is 4. The van der Waals surface area contributed by atoms with Crippen LogP contribution >= 0.6 is 0 Å². The Kier molecular flexibility index (Phi) is 5.40. The molecule has 2 heterocycles. The molecule has 4 rings (SSSR count). The fourth-order valence-electron chi connectivity index (χ4n) is 4.41. The molecule has 0 saturated carbocycles. The van der Waals surface area contributed by atoms with E-state index < -0.39 is 0 Å². The summed E-state index contributed by atoms with van der Waals surface area (Å²) in [6, 6.07) is 6.18. The summed E-state index contributed by atoms with van der Waals surface area (Å²) in [5, 5.41) is 2.21. The molecule has 0 spiro atoms. The van der Waals surface area contributed by atoms with Gasteiger partial charge in [0.1, 0.15) is 11.6 Å². The lowest BCUT2D eigenvalue weighted by Gasteiger charge is -2.48. The normalized spacial score (nSPS) is 24.7. The molecule has 156 valence electrons. The van der Waals surface area contributed by atoms with Crippen LogP contribution in [-0.2, 0) is 7.05 Å². The molecule has 6 nitrogen and oxygen atoms in total. The van der Waals surface area contributed by atoms with E-state index in [4.69, 9.17) is 10.7 Å². The maximum atomic E-state index is 13.3. The lowest BCUT2D eigenvalue weighted by molar-refractivity contribution is 0.130. The molecule has 30 heavy (non-hydrogen) atoms. The molecule has 1 saturated heterocycles. The van der Waals surface area contributed by atoms with Crippen molar-refractivity contribution in [2.75, 3.05) is 20.1 Å². The van der Waals surface area contributed by atoms with E-state index in [1.165, 1.54) is 17.7 Å². The Hall–Kier alpha value is -3.03. The van der Waals surface area contributed by atoms with Gasteiger partial charge in [0.15, 0.2) is 0 Å². The van der Waals surface area contributed by atoms with Crippen LogP contribution < -0.4 is 11.2 Å². The van der Waals surface area contributed by atoms with Crippen LogP contribution in [0.2, 0.25) is 0 Å². The summed E-state index contributed by atoms with van der Waals surface area (Å²) in [5.41, 5.74) is 13.7. The quantitative estimate of drug-likeness (QED) is 0.817. The van der Waals surface area contributed by atoms with Crippen molar-refractivity contribution in [3.8, 4) is 0 Å². The van der Waals surface area contributed by atoms with Gasteiger partial charge in [-0.2, -0.15) is 0 Å². The third-order valence-electron chi connectivity index (χ3n) is 6.12. The van der Waals surface area contributed by atoms with Crippen molar-refractivity contribution in [3.05, 3.63) is 78.3 Å². The van der Waals surface area contributed by atoms with Crippen LogP contribution in [0.4, 0.5) is 10.1 Å². The first kappa shape index (κ1) is 20.3. The first-order valence-corrected chi connectivity index (χ1v) is 10.0. The van der Waals surface area contributed by atoms with E-state index in [9.17, 15) is 4.39 Å². The minimum atomic E-state index is -0.326. The van der Waals surface area contributed by atoms with Gasteiger partial charge in [-0.15, -0.1) is 0 Å². The monoisotopic (exact) mass is 406 g/mol. The number of allylic oxidation sites excluding steroid dienone is 2. The van der Waals surface area contributed by atoms with Crippen LogP contribution in [0.1, 0.15) is 18.7 Å². The molecule has 1 aromatic heterocycles. The zero-order valence-electron chi connectivity index (χ0n) is 17.4. The number of fused-ring (bicyclic) bond motifs is 1. The van der Waals surface area contributed by atoms with Crippen LogP contribution in [0.3, 0.4) is 0 Å². The van der Waals surface area contributed by atoms with Crippen molar-refractivity contribution in [1.29, 1.82) is 0 Å². The summed E-state index contributed by atoms with van der Waals surface area (Å²) in [6.07, 6.45) is 9.05. The molecule has 3 N–H and O–H groups in total. The predicted octanol–water partition coefficient (Wildman–Crippen LogP) is 3.34. The molecule has 1 atom stereocenters. The van der Waals surface area contributed by atoms with Crippen molar-refractivity contribution in [3.63, 3.8) is 0 Å². The first-order valence-electron chi connectivity index (χ1n) is 10.0. The van der Waals surface area contributed by atoms with Crippen molar-refractivity contribution in [1.82, 2.24) is 20.0 Å². The number of aromatic nitrogens is 2. The number of nitrogens with two attached hydrogens (primary N) is 1. The van der Waals surface area contributed by atoms with Crippen LogP contribution in [0.5, 0.6) is 0 Å². The van der Waals surface area contributed by atoms with Crippen molar-refractivity contribution >= 4 is 17.0 Å². The number of halogens is 1. The number of piperidine rings is 1. The number of imidazole rings is 1. The van der Waals surface area contributed by atoms with E-state index in [1.807, 2.05) is 24.9 Å². The molecule has 0 bridgehead atoms. The second-order valence-electron chi connectivity index (χ2n) is 7.83. The molecule has 1 fully saturated rings. The minimum absolute atomic E-state index is 0.277. The van der Waals surface area contributed by atoms with Gasteiger partial charge in [-0.05, 0) is 67.6 Å². The Labute approximate surface area is 176 Å². The van der Waals surface area contributed by atoms with Gasteiger partial charge in [0.2, 0.25) is 0 Å². The smallest absolute Gasteiger partial charge is 0.135 e. The number of hydrogen-bond acceptors (Lipinski definition) is 5. The van der Waals surface area contributed by atoms with Gasteiger partial charge in [-0.3, -0.25) is 5.43 Å². The van der Waals surface area contributed by atoms with Gasteiger partial charge in [0, 0.05) is 37.9 Å². The lowest BCUT2D eigenvalue weighted by Crippen LogP contribution is -2.51. The minimum Gasteiger partial charge on any atom is -0.404 e. The second kappa shape index (κ2) is 8.01. The van der Waals surface area contributed by atoms with E-state index >= 15 is 0 Å². The highest BCUT2D eigenvalue weighted by Crippen LogP contribution is 2.51. The Morgan fingerprint density at radius 1 is 1.37 bits per heavy atom. The van der Waals surface area contributed by atoms with Gasteiger partial charge in [-0.25, -0.2) is 19.4 Å². The predicted molar refractivity (Wildman–Crippen MR) is 118 cm³/mol. The van der Waals surface area contributed by atoms with Gasteiger partial charge in [0.05, 0.1) is 11.4 Å². The average molecular weight is 407 g/mol. The highest BCUT2D eigenvalue weighted by atomic mass is 19.1. The van der Waals surface area contributed by atoms with Crippen LogP contribution in [-0.4, -0.2) is 40.4 Å². The third-order valence-corrected chi connectivity index (χ3v) is 6.12. The molecule has 1 aliphatic carbocycles. The van der Waals surface area contributed by atoms with Gasteiger partial charge < -0.3 is 10.3 Å². The highest BCUT2D eigenvalue weighted by Gasteiger charge is 2.46. The number of aryl methyl sites for hydroxylation is 1. The van der Waals surface area contributed by atoms with Gasteiger partial charge >= 0.3 is 0 Å². The number of benzene rings is 1. The fourth-order valence-corrected chi connectivity index (χ4v) is 4.41. The topological polar surface area (TPSA) is 71.5 Å². The molecule has 0 radical (unpaired) electrons. The summed E-state index contributed by atoms with van der Waals surface area (Å²) in [6.45, 7) is 6.14. The summed E-state index contributed by atoms with van der Waals surface area (Å²) in [4.78, 5) is 9.31. The average Bonchev–Trinajstić information content (AvgIpc) is 3.19. The number of nitrogens with zero attached hydrogens (tertiary/aromatic N) is 4. The first-order chi connectivity index (χ1) is 14.5. The number of hydrogen-bond donors (Lipinski definition) is 2. The zero-order valence-corrected chi connectivity index (χ0v) is 17.4. The SMILES string of the molecule is C=C(c1nccn1C)C12CC(=CN)C(=Nc3ccc(F)cc3)C=C1CCN(NC)C2.